The van der Waals surface area contributed by atoms with Crippen molar-refractivity contribution in [1.29, 1.82) is 0 Å². The van der Waals surface area contributed by atoms with E-state index in [1.165, 1.54) is 42.8 Å². The smallest absolute Gasteiger partial charge is 0.275 e. The summed E-state index contributed by atoms with van der Waals surface area (Å²) in [7, 11) is 0. The topological polar surface area (TPSA) is 84.0 Å². The zero-order chi connectivity index (χ0) is 16.8. The van der Waals surface area contributed by atoms with Gasteiger partial charge in [-0.15, -0.1) is 11.3 Å². The third-order valence-electron chi connectivity index (χ3n) is 4.11. The lowest BCUT2D eigenvalue weighted by molar-refractivity contribution is 0.0938. The van der Waals surface area contributed by atoms with Gasteiger partial charge in [-0.2, -0.15) is 0 Å². The molecule has 0 spiro atoms. The first-order chi connectivity index (χ1) is 11.7. The number of rotatable bonds is 4. The molecule has 7 heteroatoms. The average Bonchev–Trinajstić information content (AvgIpc) is 2.91. The fraction of sp³-hybridized carbons (Fsp3) is 0.412. The highest BCUT2D eigenvalue weighted by atomic mass is 32.1. The first-order valence-electron chi connectivity index (χ1n) is 8.20. The van der Waals surface area contributed by atoms with Gasteiger partial charge in [-0.05, 0) is 24.3 Å². The van der Waals surface area contributed by atoms with Gasteiger partial charge in [0, 0.05) is 18.4 Å². The molecular formula is C17H20N4O2S. The number of nitrogens with one attached hydrogen (secondary N) is 2. The summed E-state index contributed by atoms with van der Waals surface area (Å²) in [6.45, 7) is 0. The molecule has 1 saturated carbocycles. The molecule has 2 heterocycles. The van der Waals surface area contributed by atoms with Gasteiger partial charge in [0.15, 0.2) is 0 Å². The van der Waals surface area contributed by atoms with Gasteiger partial charge in [-0.25, -0.2) is 4.98 Å². The lowest BCUT2D eigenvalue weighted by Gasteiger charge is -2.16. The van der Waals surface area contributed by atoms with Crippen molar-refractivity contribution in [2.45, 2.75) is 44.6 Å². The molecule has 24 heavy (non-hydrogen) atoms. The van der Waals surface area contributed by atoms with Crippen molar-refractivity contribution in [2.24, 2.45) is 0 Å². The summed E-state index contributed by atoms with van der Waals surface area (Å²) in [4.78, 5) is 33.1. The second kappa shape index (κ2) is 8.01. The van der Waals surface area contributed by atoms with E-state index in [-0.39, 0.29) is 23.6 Å². The number of carbonyl (C=O) groups is 2. The molecule has 0 saturated heterocycles. The molecule has 0 bridgehead atoms. The summed E-state index contributed by atoms with van der Waals surface area (Å²) in [6.07, 6.45) is 11.2. The monoisotopic (exact) mass is 344 g/mol. The minimum absolute atomic E-state index is 0.119. The molecule has 1 aliphatic rings. The maximum atomic E-state index is 12.5. The third kappa shape index (κ3) is 4.17. The number of aromatic nitrogens is 2. The van der Waals surface area contributed by atoms with E-state index in [0.29, 0.717) is 10.6 Å². The average molecular weight is 344 g/mol. The van der Waals surface area contributed by atoms with Crippen molar-refractivity contribution in [2.75, 3.05) is 5.32 Å². The largest absolute Gasteiger partial charge is 0.349 e. The molecule has 0 unspecified atom stereocenters. The summed E-state index contributed by atoms with van der Waals surface area (Å²) in [5, 5.41) is 7.65. The predicted molar refractivity (Wildman–Crippen MR) is 93.3 cm³/mol. The highest BCUT2D eigenvalue weighted by Gasteiger charge is 2.20. The van der Waals surface area contributed by atoms with Crippen LogP contribution in [0.1, 0.15) is 58.7 Å². The van der Waals surface area contributed by atoms with Crippen molar-refractivity contribution in [3.63, 3.8) is 0 Å². The standard InChI is InChI=1S/C17H20N4O2S/c22-16(14-11-18-8-9-19-14)21-13-7-10-24-15(13)17(23)20-12-5-3-1-2-4-6-12/h7-12H,1-6H2,(H,20,23)(H,21,22). The van der Waals surface area contributed by atoms with E-state index in [1.807, 2.05) is 0 Å². The molecule has 1 fully saturated rings. The lowest BCUT2D eigenvalue weighted by Crippen LogP contribution is -2.34. The van der Waals surface area contributed by atoms with Gasteiger partial charge in [-0.1, -0.05) is 25.7 Å². The summed E-state index contributed by atoms with van der Waals surface area (Å²) in [6, 6.07) is 1.96. The Kier molecular flexibility index (Phi) is 5.53. The Balaban J connectivity index is 1.66. The molecule has 0 aromatic carbocycles. The Morgan fingerprint density at radius 1 is 1.08 bits per heavy atom. The number of hydrogen-bond acceptors (Lipinski definition) is 5. The van der Waals surface area contributed by atoms with E-state index >= 15 is 0 Å². The number of anilines is 1. The zero-order valence-corrected chi connectivity index (χ0v) is 14.1. The van der Waals surface area contributed by atoms with Crippen LogP contribution in [-0.4, -0.2) is 27.8 Å². The molecule has 6 nitrogen and oxygen atoms in total. The normalized spacial score (nSPS) is 15.5. The second-order valence-electron chi connectivity index (χ2n) is 5.87. The zero-order valence-electron chi connectivity index (χ0n) is 13.3. The Morgan fingerprint density at radius 3 is 2.58 bits per heavy atom. The van der Waals surface area contributed by atoms with E-state index < -0.39 is 0 Å². The number of carbonyl (C=O) groups excluding carboxylic acids is 2. The fourth-order valence-electron chi connectivity index (χ4n) is 2.86. The molecule has 3 rings (SSSR count). The fourth-order valence-corrected chi connectivity index (χ4v) is 3.61. The van der Waals surface area contributed by atoms with Crippen LogP contribution in [0.5, 0.6) is 0 Å². The van der Waals surface area contributed by atoms with Crippen LogP contribution >= 0.6 is 11.3 Å². The molecule has 0 atom stereocenters. The molecule has 2 N–H and O–H groups in total. The first-order valence-corrected chi connectivity index (χ1v) is 9.08. The number of amides is 2. The highest BCUT2D eigenvalue weighted by molar-refractivity contribution is 7.12. The summed E-state index contributed by atoms with van der Waals surface area (Å²) in [5.74, 6) is -0.489. The molecule has 0 aliphatic heterocycles. The van der Waals surface area contributed by atoms with Crippen LogP contribution in [0.15, 0.2) is 30.0 Å². The Morgan fingerprint density at radius 2 is 1.88 bits per heavy atom. The van der Waals surface area contributed by atoms with Gasteiger partial charge < -0.3 is 10.6 Å². The van der Waals surface area contributed by atoms with E-state index in [0.717, 1.165) is 25.7 Å². The molecule has 0 radical (unpaired) electrons. The summed E-state index contributed by atoms with van der Waals surface area (Å²) in [5.41, 5.74) is 0.737. The van der Waals surface area contributed by atoms with Crippen molar-refractivity contribution in [1.82, 2.24) is 15.3 Å². The molecular weight excluding hydrogens is 324 g/mol. The van der Waals surface area contributed by atoms with Crippen LogP contribution in [-0.2, 0) is 0 Å². The van der Waals surface area contributed by atoms with Crippen LogP contribution in [0.25, 0.3) is 0 Å². The number of nitrogens with zero attached hydrogens (tertiary/aromatic N) is 2. The minimum Gasteiger partial charge on any atom is -0.349 e. The van der Waals surface area contributed by atoms with E-state index in [4.69, 9.17) is 0 Å². The Bertz CT molecular complexity index is 694. The quantitative estimate of drug-likeness (QED) is 0.834. The Labute approximate surface area is 144 Å². The molecule has 2 aromatic heterocycles. The van der Waals surface area contributed by atoms with Crippen LogP contribution in [0.4, 0.5) is 5.69 Å². The van der Waals surface area contributed by atoms with Gasteiger partial charge in [-0.3, -0.25) is 14.6 Å². The van der Waals surface area contributed by atoms with Crippen molar-refractivity contribution < 1.29 is 9.59 Å². The minimum atomic E-state index is -0.370. The van der Waals surface area contributed by atoms with E-state index in [1.54, 1.807) is 11.4 Å². The van der Waals surface area contributed by atoms with Crippen LogP contribution in [0, 0.1) is 0 Å². The van der Waals surface area contributed by atoms with Gasteiger partial charge in [0.1, 0.15) is 10.6 Å². The lowest BCUT2D eigenvalue weighted by atomic mass is 10.1. The molecule has 2 aromatic rings. The predicted octanol–water partition coefficient (Wildman–Crippen LogP) is 3.24. The third-order valence-corrected chi connectivity index (χ3v) is 5.02. The molecule has 2 amide bonds. The number of hydrogen-bond donors (Lipinski definition) is 2. The molecule has 126 valence electrons. The summed E-state index contributed by atoms with van der Waals surface area (Å²) >= 11 is 1.33. The van der Waals surface area contributed by atoms with Crippen molar-refractivity contribution >= 4 is 28.8 Å². The molecule has 1 aliphatic carbocycles. The maximum absolute atomic E-state index is 12.5. The Hall–Kier alpha value is -2.28. The SMILES string of the molecule is O=C(Nc1ccsc1C(=O)NC1CCCCCC1)c1cnccn1. The van der Waals surface area contributed by atoms with Crippen LogP contribution < -0.4 is 10.6 Å². The van der Waals surface area contributed by atoms with Gasteiger partial charge in [0.05, 0.1) is 11.9 Å². The van der Waals surface area contributed by atoms with Crippen LogP contribution in [0.3, 0.4) is 0 Å². The van der Waals surface area contributed by atoms with Crippen LogP contribution in [0.2, 0.25) is 0 Å². The van der Waals surface area contributed by atoms with E-state index in [2.05, 4.69) is 20.6 Å². The van der Waals surface area contributed by atoms with E-state index in [9.17, 15) is 9.59 Å². The number of thiophene rings is 1. The van der Waals surface area contributed by atoms with Crippen molar-refractivity contribution in [3.05, 3.63) is 40.6 Å². The maximum Gasteiger partial charge on any atom is 0.275 e. The highest BCUT2D eigenvalue weighted by Crippen LogP contribution is 2.24. The first kappa shape index (κ1) is 16.6. The van der Waals surface area contributed by atoms with Gasteiger partial charge in [0.2, 0.25) is 0 Å². The van der Waals surface area contributed by atoms with Gasteiger partial charge >= 0.3 is 0 Å². The second-order valence-corrected chi connectivity index (χ2v) is 6.79. The van der Waals surface area contributed by atoms with Gasteiger partial charge in [0.25, 0.3) is 11.8 Å². The van der Waals surface area contributed by atoms with Crippen molar-refractivity contribution in [3.8, 4) is 0 Å². The summed E-state index contributed by atoms with van der Waals surface area (Å²) < 4.78 is 0.